The molecule has 0 aromatic carbocycles. The van der Waals surface area contributed by atoms with Crippen LogP contribution in [0, 0.1) is 0 Å². The van der Waals surface area contributed by atoms with Crippen LogP contribution < -0.4 is 10.0 Å². The minimum absolute atomic E-state index is 0.0245. The Kier molecular flexibility index (Phi) is 6.33. The van der Waals surface area contributed by atoms with Gasteiger partial charge in [0.15, 0.2) is 0 Å². The normalized spacial score (nSPS) is 22.2. The average molecular weight is 439 g/mol. The van der Waals surface area contributed by atoms with Crippen LogP contribution in [0.15, 0.2) is 20.1 Å². The van der Waals surface area contributed by atoms with Crippen molar-refractivity contribution in [3.8, 4) is 0 Å². The zero-order valence-electron chi connectivity index (χ0n) is 14.0. The van der Waals surface area contributed by atoms with E-state index in [1.165, 1.54) is 11.3 Å². The minimum atomic E-state index is -3.48. The molecule has 0 saturated heterocycles. The van der Waals surface area contributed by atoms with Crippen molar-refractivity contribution in [2.45, 2.75) is 68.3 Å². The summed E-state index contributed by atoms with van der Waals surface area (Å²) in [5.74, 6) is 0. The summed E-state index contributed by atoms with van der Waals surface area (Å²) in [6.07, 6.45) is 2.40. The van der Waals surface area contributed by atoms with E-state index in [1.54, 1.807) is 12.1 Å². The molecule has 6 nitrogen and oxygen atoms in total. The van der Waals surface area contributed by atoms with Crippen molar-refractivity contribution in [2.75, 3.05) is 0 Å². The topological polar surface area (TPSA) is 84.5 Å². The van der Waals surface area contributed by atoms with Crippen molar-refractivity contribution < 1.29 is 17.9 Å². The van der Waals surface area contributed by atoms with Gasteiger partial charge in [-0.1, -0.05) is 0 Å². The maximum absolute atomic E-state index is 12.3. The van der Waals surface area contributed by atoms with Crippen LogP contribution in [0.2, 0.25) is 0 Å². The maximum Gasteiger partial charge on any atom is 0.407 e. The molecule has 1 heterocycles. The van der Waals surface area contributed by atoms with Gasteiger partial charge < -0.3 is 10.1 Å². The van der Waals surface area contributed by atoms with E-state index in [9.17, 15) is 13.2 Å². The number of sulfonamides is 1. The van der Waals surface area contributed by atoms with Gasteiger partial charge in [0.2, 0.25) is 10.0 Å². The second-order valence-electron chi connectivity index (χ2n) is 6.87. The van der Waals surface area contributed by atoms with Crippen LogP contribution in [-0.2, 0) is 14.8 Å². The van der Waals surface area contributed by atoms with E-state index in [4.69, 9.17) is 4.74 Å². The summed E-state index contributed by atoms with van der Waals surface area (Å²) in [4.78, 5) is 11.8. The number of thiophene rings is 1. The van der Waals surface area contributed by atoms with Gasteiger partial charge in [0.1, 0.15) is 9.81 Å². The molecule has 1 aromatic heterocycles. The minimum Gasteiger partial charge on any atom is -0.444 e. The largest absolute Gasteiger partial charge is 0.444 e. The quantitative estimate of drug-likeness (QED) is 0.751. The van der Waals surface area contributed by atoms with E-state index in [0.29, 0.717) is 17.1 Å². The van der Waals surface area contributed by atoms with Crippen molar-refractivity contribution in [1.29, 1.82) is 0 Å². The Morgan fingerprint density at radius 2 is 1.79 bits per heavy atom. The summed E-state index contributed by atoms with van der Waals surface area (Å²) in [5, 5.41) is 2.85. The molecule has 136 valence electrons. The van der Waals surface area contributed by atoms with Crippen LogP contribution in [-0.4, -0.2) is 32.2 Å². The van der Waals surface area contributed by atoms with Gasteiger partial charge in [-0.25, -0.2) is 17.9 Å². The Hall–Kier alpha value is -0.640. The molecule has 0 atom stereocenters. The highest BCUT2D eigenvalue weighted by Gasteiger charge is 2.28. The Morgan fingerprint density at radius 3 is 2.29 bits per heavy atom. The SMILES string of the molecule is CC(C)(C)OC(=O)NC1CCC(NS(=O)(=O)c2ccc(Br)s2)CC1. The van der Waals surface area contributed by atoms with Gasteiger partial charge in [0.05, 0.1) is 3.79 Å². The lowest BCUT2D eigenvalue weighted by molar-refractivity contribution is 0.0490. The standard InChI is InChI=1S/C15H23BrN2O4S2/c1-15(2,3)22-14(19)17-10-4-6-11(7-5-10)18-24(20,21)13-9-8-12(16)23-13/h8-11,18H,4-7H2,1-3H3,(H,17,19). The molecular weight excluding hydrogens is 416 g/mol. The highest BCUT2D eigenvalue weighted by Crippen LogP contribution is 2.27. The van der Waals surface area contributed by atoms with Gasteiger partial charge >= 0.3 is 6.09 Å². The average Bonchev–Trinajstić information content (AvgIpc) is 2.86. The Bertz CT molecular complexity index is 674. The molecule has 1 saturated carbocycles. The van der Waals surface area contributed by atoms with Gasteiger partial charge in [-0.15, -0.1) is 11.3 Å². The molecule has 0 spiro atoms. The van der Waals surface area contributed by atoms with Crippen molar-refractivity contribution >= 4 is 43.4 Å². The van der Waals surface area contributed by atoms with Gasteiger partial charge in [-0.05, 0) is 74.5 Å². The molecule has 9 heteroatoms. The summed E-state index contributed by atoms with van der Waals surface area (Å²) < 4.78 is 33.7. The number of ether oxygens (including phenoxy) is 1. The van der Waals surface area contributed by atoms with Crippen LogP contribution in [0.25, 0.3) is 0 Å². The lowest BCUT2D eigenvalue weighted by atomic mass is 9.92. The van der Waals surface area contributed by atoms with Crippen LogP contribution >= 0.6 is 27.3 Å². The third-order valence-corrected chi connectivity index (χ3v) is 7.22. The molecule has 24 heavy (non-hydrogen) atoms. The van der Waals surface area contributed by atoms with Crippen LogP contribution in [0.3, 0.4) is 0 Å². The highest BCUT2D eigenvalue weighted by molar-refractivity contribution is 9.11. The number of carbonyl (C=O) groups excluding carboxylic acids is 1. The number of hydrogen-bond donors (Lipinski definition) is 2. The van der Waals surface area contributed by atoms with Crippen molar-refractivity contribution in [1.82, 2.24) is 10.0 Å². The Balaban J connectivity index is 1.82. The van der Waals surface area contributed by atoms with E-state index >= 15 is 0 Å². The van der Waals surface area contributed by atoms with Crippen molar-refractivity contribution in [3.63, 3.8) is 0 Å². The molecule has 1 amide bonds. The Morgan fingerprint density at radius 1 is 1.21 bits per heavy atom. The predicted molar refractivity (Wildman–Crippen MR) is 97.8 cm³/mol. The number of carbonyl (C=O) groups is 1. The first-order valence-corrected chi connectivity index (χ1v) is 10.9. The molecular formula is C15H23BrN2O4S2. The molecule has 1 aliphatic carbocycles. The lowest BCUT2D eigenvalue weighted by Gasteiger charge is -2.30. The van der Waals surface area contributed by atoms with Gasteiger partial charge in [0, 0.05) is 12.1 Å². The lowest BCUT2D eigenvalue weighted by Crippen LogP contribution is -2.45. The molecule has 1 aromatic rings. The Labute approximate surface area is 155 Å². The van der Waals surface area contributed by atoms with Gasteiger partial charge in [0.25, 0.3) is 0 Å². The number of amides is 1. The third-order valence-electron chi connectivity index (χ3n) is 3.58. The number of hydrogen-bond acceptors (Lipinski definition) is 5. The zero-order valence-corrected chi connectivity index (χ0v) is 17.2. The second kappa shape index (κ2) is 7.72. The van der Waals surface area contributed by atoms with E-state index in [2.05, 4.69) is 26.0 Å². The summed E-state index contributed by atoms with van der Waals surface area (Å²) in [6.45, 7) is 5.46. The second-order valence-corrected chi connectivity index (χ2v) is 11.3. The van der Waals surface area contributed by atoms with Gasteiger partial charge in [-0.2, -0.15) is 0 Å². The van der Waals surface area contributed by atoms with Gasteiger partial charge in [-0.3, -0.25) is 0 Å². The molecule has 1 aliphatic rings. The highest BCUT2D eigenvalue weighted by atomic mass is 79.9. The summed E-state index contributed by atoms with van der Waals surface area (Å²) in [7, 11) is -3.48. The van der Waals surface area contributed by atoms with Crippen LogP contribution in [0.1, 0.15) is 46.5 Å². The fraction of sp³-hybridized carbons (Fsp3) is 0.667. The van der Waals surface area contributed by atoms with E-state index < -0.39 is 21.7 Å². The maximum atomic E-state index is 12.3. The van der Waals surface area contributed by atoms with E-state index in [1.807, 2.05) is 20.8 Å². The first-order valence-electron chi connectivity index (χ1n) is 7.82. The van der Waals surface area contributed by atoms with Crippen molar-refractivity contribution in [2.24, 2.45) is 0 Å². The fourth-order valence-corrected chi connectivity index (χ4v) is 5.88. The summed E-state index contributed by atoms with van der Waals surface area (Å²) >= 11 is 4.47. The molecule has 2 N–H and O–H groups in total. The molecule has 2 rings (SSSR count). The fourth-order valence-electron chi connectivity index (χ4n) is 2.55. The monoisotopic (exact) mass is 438 g/mol. The van der Waals surface area contributed by atoms with Crippen LogP contribution in [0.4, 0.5) is 4.79 Å². The van der Waals surface area contributed by atoms with E-state index in [-0.39, 0.29) is 12.1 Å². The van der Waals surface area contributed by atoms with E-state index in [0.717, 1.165) is 16.6 Å². The number of rotatable bonds is 4. The third kappa shape index (κ3) is 6.02. The smallest absolute Gasteiger partial charge is 0.407 e. The number of nitrogens with one attached hydrogen (secondary N) is 2. The first-order chi connectivity index (χ1) is 11.0. The molecule has 0 bridgehead atoms. The number of halogens is 1. The summed E-state index contributed by atoms with van der Waals surface area (Å²) in [6, 6.07) is 3.23. The van der Waals surface area contributed by atoms with Crippen molar-refractivity contribution in [3.05, 3.63) is 15.9 Å². The predicted octanol–water partition coefficient (Wildman–Crippen LogP) is 3.62. The summed E-state index contributed by atoms with van der Waals surface area (Å²) in [5.41, 5.74) is -0.522. The first kappa shape index (κ1) is 19.7. The molecule has 1 fully saturated rings. The molecule has 0 unspecified atom stereocenters. The van der Waals surface area contributed by atoms with Crippen LogP contribution in [0.5, 0.6) is 0 Å². The molecule has 0 radical (unpaired) electrons. The number of alkyl carbamates (subject to hydrolysis) is 1. The molecule has 0 aliphatic heterocycles. The zero-order chi connectivity index (χ0) is 18.0.